The predicted octanol–water partition coefficient (Wildman–Crippen LogP) is 0.588. The Morgan fingerprint density at radius 3 is 2.67 bits per heavy atom. The summed E-state index contributed by atoms with van der Waals surface area (Å²) in [5, 5.41) is 22.9. The molecule has 0 amide bonds. The zero-order valence-corrected chi connectivity index (χ0v) is 11.9. The highest BCUT2D eigenvalue weighted by atomic mass is 32.2. The molecular weight excluding hydrogens is 298 g/mol. The number of aromatic nitrogens is 2. The number of nitrogens with zero attached hydrogens (tertiary/aromatic N) is 3. The molecule has 0 spiro atoms. The van der Waals surface area contributed by atoms with Gasteiger partial charge in [-0.15, -0.1) is 0 Å². The summed E-state index contributed by atoms with van der Waals surface area (Å²) in [5.41, 5.74) is 0.489. The van der Waals surface area contributed by atoms with E-state index in [1.165, 1.54) is 0 Å². The van der Waals surface area contributed by atoms with Gasteiger partial charge in [-0.05, 0) is 18.2 Å². The quantitative estimate of drug-likeness (QED) is 0.613. The van der Waals surface area contributed by atoms with Gasteiger partial charge >= 0.3 is 0 Å². The SMILES string of the molecule is Cn1ccc(CNc2cc(S(N)(=O)=O)ccc2[N+](=O)[O-])n1. The lowest BCUT2D eigenvalue weighted by molar-refractivity contribution is -0.384. The maximum atomic E-state index is 11.3. The van der Waals surface area contributed by atoms with Crippen molar-refractivity contribution in [2.24, 2.45) is 12.2 Å². The van der Waals surface area contributed by atoms with E-state index >= 15 is 0 Å². The standard InChI is InChI=1S/C11H13N5O4S/c1-15-5-4-8(14-15)7-13-10-6-9(21(12,19)20)2-3-11(10)16(17)18/h2-6,13H,7H2,1H3,(H2,12,19,20). The van der Waals surface area contributed by atoms with Gasteiger partial charge in [0.25, 0.3) is 5.69 Å². The minimum Gasteiger partial charge on any atom is -0.374 e. The molecule has 0 atom stereocenters. The molecule has 1 aromatic carbocycles. The van der Waals surface area contributed by atoms with Gasteiger partial charge in [-0.1, -0.05) is 0 Å². The Kier molecular flexibility index (Phi) is 3.91. The van der Waals surface area contributed by atoms with Crippen molar-refractivity contribution >= 4 is 21.4 Å². The lowest BCUT2D eigenvalue weighted by atomic mass is 10.2. The van der Waals surface area contributed by atoms with Crippen LogP contribution < -0.4 is 10.5 Å². The van der Waals surface area contributed by atoms with E-state index in [0.717, 1.165) is 18.2 Å². The third kappa shape index (κ3) is 3.55. The van der Waals surface area contributed by atoms with Crippen LogP contribution in [0.25, 0.3) is 0 Å². The summed E-state index contributed by atoms with van der Waals surface area (Å²) in [4.78, 5) is 10.2. The van der Waals surface area contributed by atoms with Gasteiger partial charge in [0.2, 0.25) is 10.0 Å². The van der Waals surface area contributed by atoms with E-state index in [2.05, 4.69) is 10.4 Å². The molecule has 0 aliphatic rings. The Balaban J connectivity index is 2.32. The fraction of sp³-hybridized carbons (Fsp3) is 0.182. The van der Waals surface area contributed by atoms with E-state index in [0.29, 0.717) is 5.69 Å². The summed E-state index contributed by atoms with van der Waals surface area (Å²) in [7, 11) is -2.19. The second-order valence-electron chi connectivity index (χ2n) is 4.32. The lowest BCUT2D eigenvalue weighted by Crippen LogP contribution is -2.13. The monoisotopic (exact) mass is 311 g/mol. The molecule has 1 heterocycles. The number of benzene rings is 1. The summed E-state index contributed by atoms with van der Waals surface area (Å²) in [6.07, 6.45) is 1.73. The average molecular weight is 311 g/mol. The molecule has 0 bridgehead atoms. The molecule has 2 aromatic rings. The molecule has 112 valence electrons. The first-order valence-electron chi connectivity index (χ1n) is 5.81. The Labute approximate surface area is 120 Å². The molecule has 10 heteroatoms. The third-order valence-corrected chi connectivity index (χ3v) is 3.63. The highest BCUT2D eigenvalue weighted by Gasteiger charge is 2.18. The maximum absolute atomic E-state index is 11.3. The van der Waals surface area contributed by atoms with Crippen molar-refractivity contribution in [1.29, 1.82) is 0 Å². The zero-order chi connectivity index (χ0) is 15.6. The number of sulfonamides is 1. The van der Waals surface area contributed by atoms with Crippen LogP contribution in [0.15, 0.2) is 35.4 Å². The van der Waals surface area contributed by atoms with Crippen LogP contribution in [0.1, 0.15) is 5.69 Å². The van der Waals surface area contributed by atoms with Gasteiger partial charge in [-0.25, -0.2) is 13.6 Å². The number of nitrogens with two attached hydrogens (primary N) is 1. The number of hydrogen-bond acceptors (Lipinski definition) is 6. The van der Waals surface area contributed by atoms with Crippen molar-refractivity contribution in [3.05, 3.63) is 46.3 Å². The van der Waals surface area contributed by atoms with Crippen LogP contribution in [-0.4, -0.2) is 23.1 Å². The minimum absolute atomic E-state index is 0.0668. The number of nitro groups is 1. The molecule has 21 heavy (non-hydrogen) atoms. The number of hydrogen-bond donors (Lipinski definition) is 2. The van der Waals surface area contributed by atoms with Crippen LogP contribution in [0.5, 0.6) is 0 Å². The normalized spacial score (nSPS) is 11.3. The van der Waals surface area contributed by atoms with Crippen LogP contribution in [0, 0.1) is 10.1 Å². The van der Waals surface area contributed by atoms with Crippen molar-refractivity contribution < 1.29 is 13.3 Å². The maximum Gasteiger partial charge on any atom is 0.292 e. The summed E-state index contributed by atoms with van der Waals surface area (Å²) in [6, 6.07) is 5.07. The zero-order valence-electron chi connectivity index (χ0n) is 11.1. The van der Waals surface area contributed by atoms with Crippen molar-refractivity contribution in [1.82, 2.24) is 9.78 Å². The first-order valence-corrected chi connectivity index (χ1v) is 7.35. The number of primary sulfonamides is 1. The van der Waals surface area contributed by atoms with Crippen LogP contribution in [-0.2, 0) is 23.6 Å². The lowest BCUT2D eigenvalue weighted by Gasteiger charge is -2.07. The van der Waals surface area contributed by atoms with Gasteiger partial charge in [0.05, 0.1) is 22.1 Å². The molecule has 0 aliphatic heterocycles. The second kappa shape index (κ2) is 5.50. The van der Waals surface area contributed by atoms with E-state index < -0.39 is 14.9 Å². The summed E-state index contributed by atoms with van der Waals surface area (Å²) >= 11 is 0. The Morgan fingerprint density at radius 2 is 2.14 bits per heavy atom. The van der Waals surface area contributed by atoms with Crippen LogP contribution in [0.2, 0.25) is 0 Å². The summed E-state index contributed by atoms with van der Waals surface area (Å²) in [5.74, 6) is 0. The van der Waals surface area contributed by atoms with Gasteiger partial charge < -0.3 is 5.32 Å². The average Bonchev–Trinajstić information content (AvgIpc) is 2.80. The van der Waals surface area contributed by atoms with E-state index in [1.807, 2.05) is 0 Å². The number of nitro benzene ring substituents is 1. The van der Waals surface area contributed by atoms with Crippen molar-refractivity contribution in [3.63, 3.8) is 0 Å². The highest BCUT2D eigenvalue weighted by molar-refractivity contribution is 7.89. The number of rotatable bonds is 5. The van der Waals surface area contributed by atoms with E-state index in [1.54, 1.807) is 24.0 Å². The molecule has 0 radical (unpaired) electrons. The van der Waals surface area contributed by atoms with Crippen LogP contribution >= 0.6 is 0 Å². The van der Waals surface area contributed by atoms with Gasteiger partial charge in [0, 0.05) is 19.3 Å². The van der Waals surface area contributed by atoms with E-state index in [-0.39, 0.29) is 22.8 Å². The van der Waals surface area contributed by atoms with Gasteiger partial charge in [0.1, 0.15) is 5.69 Å². The van der Waals surface area contributed by atoms with Crippen LogP contribution in [0.4, 0.5) is 11.4 Å². The second-order valence-corrected chi connectivity index (χ2v) is 5.88. The number of aryl methyl sites for hydroxylation is 1. The molecule has 0 fully saturated rings. The Hall–Kier alpha value is -2.46. The minimum atomic E-state index is -3.93. The smallest absolute Gasteiger partial charge is 0.292 e. The molecule has 3 N–H and O–H groups in total. The van der Waals surface area contributed by atoms with Crippen molar-refractivity contribution in [2.75, 3.05) is 5.32 Å². The molecule has 0 unspecified atom stereocenters. The third-order valence-electron chi connectivity index (χ3n) is 2.72. The topological polar surface area (TPSA) is 133 Å². The van der Waals surface area contributed by atoms with Crippen LogP contribution in [0.3, 0.4) is 0 Å². The number of anilines is 1. The van der Waals surface area contributed by atoms with Gasteiger partial charge in [-0.2, -0.15) is 5.10 Å². The van der Waals surface area contributed by atoms with E-state index in [9.17, 15) is 18.5 Å². The predicted molar refractivity (Wildman–Crippen MR) is 75.0 cm³/mol. The van der Waals surface area contributed by atoms with Gasteiger partial charge in [0.15, 0.2) is 0 Å². The Morgan fingerprint density at radius 1 is 1.43 bits per heavy atom. The number of nitrogens with one attached hydrogen (secondary N) is 1. The van der Waals surface area contributed by atoms with E-state index in [4.69, 9.17) is 5.14 Å². The van der Waals surface area contributed by atoms with Crippen molar-refractivity contribution in [2.45, 2.75) is 11.4 Å². The largest absolute Gasteiger partial charge is 0.374 e. The van der Waals surface area contributed by atoms with Crippen molar-refractivity contribution in [3.8, 4) is 0 Å². The molecule has 2 rings (SSSR count). The first kappa shape index (κ1) is 14.9. The summed E-state index contributed by atoms with van der Waals surface area (Å²) in [6.45, 7) is 0.218. The Bertz CT molecular complexity index is 784. The molecule has 1 aromatic heterocycles. The highest BCUT2D eigenvalue weighted by Crippen LogP contribution is 2.27. The fourth-order valence-electron chi connectivity index (χ4n) is 1.74. The molecule has 0 saturated carbocycles. The fourth-order valence-corrected chi connectivity index (χ4v) is 2.28. The van der Waals surface area contributed by atoms with Gasteiger partial charge in [-0.3, -0.25) is 14.8 Å². The summed E-state index contributed by atoms with van der Waals surface area (Å²) < 4.78 is 24.2. The molecule has 9 nitrogen and oxygen atoms in total. The first-order chi connectivity index (χ1) is 9.77. The molecular formula is C11H13N5O4S. The molecule has 0 saturated heterocycles. The molecule has 0 aliphatic carbocycles.